The highest BCUT2D eigenvalue weighted by molar-refractivity contribution is 7.89. The summed E-state index contributed by atoms with van der Waals surface area (Å²) in [5.41, 5.74) is 1.23. The zero-order chi connectivity index (χ0) is 16.0. The van der Waals surface area contributed by atoms with Gasteiger partial charge >= 0.3 is 0 Å². The first-order chi connectivity index (χ1) is 10.5. The number of sulfonamides is 1. The summed E-state index contributed by atoms with van der Waals surface area (Å²) in [6, 6.07) is 7.92. The van der Waals surface area contributed by atoms with Crippen molar-refractivity contribution in [3.8, 4) is 0 Å². The lowest BCUT2D eigenvalue weighted by molar-refractivity contribution is 0.200. The lowest BCUT2D eigenvalue weighted by Crippen LogP contribution is -2.44. The van der Waals surface area contributed by atoms with E-state index >= 15 is 0 Å². The second-order valence-electron chi connectivity index (χ2n) is 5.69. The molecule has 1 aliphatic rings. The van der Waals surface area contributed by atoms with Crippen LogP contribution in [0, 0.1) is 0 Å². The average Bonchev–Trinajstić information content (AvgIpc) is 2.49. The summed E-state index contributed by atoms with van der Waals surface area (Å²) in [7, 11) is -3.18. The van der Waals surface area contributed by atoms with Crippen LogP contribution in [0.1, 0.15) is 24.8 Å². The Kier molecular flexibility index (Phi) is 6.44. The number of nitrogens with zero attached hydrogens (tertiary/aromatic N) is 1. The van der Waals surface area contributed by atoms with E-state index in [1.807, 2.05) is 24.3 Å². The summed E-state index contributed by atoms with van der Waals surface area (Å²) < 4.78 is 26.6. The molecule has 0 saturated carbocycles. The number of likely N-dealkylation sites (tertiary alicyclic amines) is 1. The van der Waals surface area contributed by atoms with Crippen LogP contribution in [0.2, 0.25) is 5.02 Å². The Balaban J connectivity index is 1.78. The van der Waals surface area contributed by atoms with Crippen molar-refractivity contribution in [1.29, 1.82) is 0 Å². The Hall–Kier alpha value is -0.880. The summed E-state index contributed by atoms with van der Waals surface area (Å²) in [4.78, 5) is 2.35. The van der Waals surface area contributed by atoms with Gasteiger partial charge in [-0.2, -0.15) is 0 Å². The van der Waals surface area contributed by atoms with E-state index in [1.165, 1.54) is 5.56 Å². The highest BCUT2D eigenvalue weighted by Crippen LogP contribution is 2.16. The number of nitrogens with one attached hydrogen (secondary N) is 1. The molecule has 1 heterocycles. The Morgan fingerprint density at radius 2 is 1.91 bits per heavy atom. The molecule has 0 unspecified atom stereocenters. The van der Waals surface area contributed by atoms with Crippen LogP contribution >= 0.6 is 11.6 Å². The Morgan fingerprint density at radius 3 is 2.50 bits per heavy atom. The molecule has 6 heteroatoms. The zero-order valence-corrected chi connectivity index (χ0v) is 14.2. The third-order valence-corrected chi connectivity index (χ3v) is 5.56. The lowest BCUT2D eigenvalue weighted by atomic mass is 10.1. The molecule has 1 aromatic carbocycles. The second kappa shape index (κ2) is 8.11. The van der Waals surface area contributed by atoms with Crippen molar-refractivity contribution < 1.29 is 8.42 Å². The third-order valence-electron chi connectivity index (χ3n) is 3.84. The number of halogens is 1. The number of hydrogen-bond donors (Lipinski definition) is 1. The molecule has 4 nitrogen and oxygen atoms in total. The number of allylic oxidation sites excluding steroid dienone is 1. The van der Waals surface area contributed by atoms with Crippen LogP contribution in [0.4, 0.5) is 0 Å². The van der Waals surface area contributed by atoms with Crippen LogP contribution in [0.5, 0.6) is 0 Å². The minimum absolute atomic E-state index is 0.0521. The predicted octanol–water partition coefficient (Wildman–Crippen LogP) is 2.80. The standard InChI is InChI=1S/C16H23ClN2O2S/c1-2-3-12-22(20,21)18-16-8-10-19(11-9-16)13-14-4-6-15(17)7-5-14/h2,4-7,16,18H,1,3,8-13H2. The lowest BCUT2D eigenvalue weighted by Gasteiger charge is -2.32. The molecule has 0 bridgehead atoms. The molecule has 0 atom stereocenters. The Bertz CT molecular complexity index is 579. The summed E-state index contributed by atoms with van der Waals surface area (Å²) in [6.07, 6.45) is 3.82. The van der Waals surface area contributed by atoms with Crippen molar-refractivity contribution in [1.82, 2.24) is 9.62 Å². The summed E-state index contributed by atoms with van der Waals surface area (Å²) >= 11 is 5.89. The first kappa shape index (κ1) is 17.5. The minimum Gasteiger partial charge on any atom is -0.299 e. The van der Waals surface area contributed by atoms with Gasteiger partial charge in [0.15, 0.2) is 0 Å². The fourth-order valence-corrected chi connectivity index (χ4v) is 4.07. The van der Waals surface area contributed by atoms with Gasteiger partial charge < -0.3 is 0 Å². The van der Waals surface area contributed by atoms with E-state index in [9.17, 15) is 8.42 Å². The first-order valence-corrected chi connectivity index (χ1v) is 9.59. The van der Waals surface area contributed by atoms with Gasteiger partial charge in [0.1, 0.15) is 0 Å². The van der Waals surface area contributed by atoms with Crippen LogP contribution in [-0.2, 0) is 16.6 Å². The molecule has 1 aliphatic heterocycles. The van der Waals surface area contributed by atoms with Crippen molar-refractivity contribution >= 4 is 21.6 Å². The number of hydrogen-bond acceptors (Lipinski definition) is 3. The van der Waals surface area contributed by atoms with Crippen LogP contribution < -0.4 is 4.72 Å². The monoisotopic (exact) mass is 342 g/mol. The highest BCUT2D eigenvalue weighted by Gasteiger charge is 2.23. The zero-order valence-electron chi connectivity index (χ0n) is 12.7. The van der Waals surface area contributed by atoms with Gasteiger partial charge in [0.2, 0.25) is 10.0 Å². The van der Waals surface area contributed by atoms with Gasteiger partial charge in [0.05, 0.1) is 5.75 Å². The van der Waals surface area contributed by atoms with Gasteiger partial charge in [-0.1, -0.05) is 29.8 Å². The van der Waals surface area contributed by atoms with Crippen molar-refractivity contribution in [2.45, 2.75) is 31.8 Å². The van der Waals surface area contributed by atoms with E-state index in [2.05, 4.69) is 16.2 Å². The first-order valence-electron chi connectivity index (χ1n) is 7.56. The van der Waals surface area contributed by atoms with E-state index in [-0.39, 0.29) is 11.8 Å². The van der Waals surface area contributed by atoms with Gasteiger partial charge in [-0.15, -0.1) is 6.58 Å². The molecular formula is C16H23ClN2O2S. The van der Waals surface area contributed by atoms with Crippen LogP contribution in [0.3, 0.4) is 0 Å². The molecule has 0 aromatic heterocycles. The average molecular weight is 343 g/mol. The van der Waals surface area contributed by atoms with Gasteiger partial charge in [0.25, 0.3) is 0 Å². The van der Waals surface area contributed by atoms with Gasteiger partial charge in [-0.3, -0.25) is 4.90 Å². The second-order valence-corrected chi connectivity index (χ2v) is 8.00. The molecule has 0 spiro atoms. The van der Waals surface area contributed by atoms with E-state index in [1.54, 1.807) is 6.08 Å². The summed E-state index contributed by atoms with van der Waals surface area (Å²) in [6.45, 7) is 6.24. The van der Waals surface area contributed by atoms with E-state index in [0.29, 0.717) is 6.42 Å². The van der Waals surface area contributed by atoms with E-state index in [0.717, 1.165) is 37.5 Å². The minimum atomic E-state index is -3.18. The normalized spacial score (nSPS) is 17.5. The predicted molar refractivity (Wildman–Crippen MR) is 91.5 cm³/mol. The molecular weight excluding hydrogens is 320 g/mol. The molecule has 22 heavy (non-hydrogen) atoms. The van der Waals surface area contributed by atoms with Crippen LogP contribution in [0.15, 0.2) is 36.9 Å². The molecule has 1 N–H and O–H groups in total. The fourth-order valence-electron chi connectivity index (χ4n) is 2.61. The molecule has 1 aromatic rings. The van der Waals surface area contributed by atoms with Gasteiger partial charge in [-0.25, -0.2) is 13.1 Å². The maximum Gasteiger partial charge on any atom is 0.212 e. The Labute approximate surface area is 138 Å². The smallest absolute Gasteiger partial charge is 0.212 e. The van der Waals surface area contributed by atoms with Gasteiger partial charge in [-0.05, 0) is 37.0 Å². The maximum absolute atomic E-state index is 11.9. The van der Waals surface area contributed by atoms with E-state index in [4.69, 9.17) is 11.6 Å². The molecule has 0 radical (unpaired) electrons. The van der Waals surface area contributed by atoms with Crippen molar-refractivity contribution in [2.24, 2.45) is 0 Å². The Morgan fingerprint density at radius 1 is 1.27 bits per heavy atom. The molecule has 0 amide bonds. The maximum atomic E-state index is 11.9. The molecule has 122 valence electrons. The molecule has 1 fully saturated rings. The largest absolute Gasteiger partial charge is 0.299 e. The SMILES string of the molecule is C=CCCS(=O)(=O)NC1CCN(Cc2ccc(Cl)cc2)CC1. The number of rotatable bonds is 7. The topological polar surface area (TPSA) is 49.4 Å². The van der Waals surface area contributed by atoms with Crippen molar-refractivity contribution in [2.75, 3.05) is 18.8 Å². The van der Waals surface area contributed by atoms with Crippen LogP contribution in [-0.4, -0.2) is 38.2 Å². The number of piperidine rings is 1. The summed E-state index contributed by atoms with van der Waals surface area (Å²) in [5.74, 6) is 0.126. The fraction of sp³-hybridized carbons (Fsp3) is 0.500. The molecule has 2 rings (SSSR count). The molecule has 0 aliphatic carbocycles. The van der Waals surface area contributed by atoms with Crippen molar-refractivity contribution in [3.63, 3.8) is 0 Å². The van der Waals surface area contributed by atoms with Gasteiger partial charge in [0, 0.05) is 30.7 Å². The number of benzene rings is 1. The molecule has 1 saturated heterocycles. The van der Waals surface area contributed by atoms with Crippen LogP contribution in [0.25, 0.3) is 0 Å². The summed E-state index contributed by atoms with van der Waals surface area (Å²) in [5, 5.41) is 0.747. The highest BCUT2D eigenvalue weighted by atomic mass is 35.5. The quantitative estimate of drug-likeness (QED) is 0.775. The third kappa shape index (κ3) is 5.72. The van der Waals surface area contributed by atoms with E-state index < -0.39 is 10.0 Å². The van der Waals surface area contributed by atoms with Crippen molar-refractivity contribution in [3.05, 3.63) is 47.5 Å².